The fourth-order valence-electron chi connectivity index (χ4n) is 3.09. The summed E-state index contributed by atoms with van der Waals surface area (Å²) in [5, 5.41) is 24.9. The molecule has 0 spiro atoms. The molecule has 0 aliphatic heterocycles. The van der Waals surface area contributed by atoms with E-state index in [1.165, 1.54) is 0 Å². The van der Waals surface area contributed by atoms with Crippen LogP contribution in [-0.4, -0.2) is 30.1 Å². The molecule has 0 saturated heterocycles. The second kappa shape index (κ2) is 9.40. The molecular formula is C19H16ClKN6O. The number of tetrazole rings is 1. The summed E-state index contributed by atoms with van der Waals surface area (Å²) in [4.78, 5) is 4.23. The Labute approximate surface area is 209 Å². The van der Waals surface area contributed by atoms with Crippen molar-refractivity contribution in [1.82, 2.24) is 30.2 Å². The predicted molar refractivity (Wildman–Crippen MR) is 101 cm³/mol. The van der Waals surface area contributed by atoms with Crippen LogP contribution in [0.2, 0.25) is 5.15 Å². The molecule has 7 nitrogen and oxygen atoms in total. The van der Waals surface area contributed by atoms with Gasteiger partial charge in [0.05, 0.1) is 18.1 Å². The average molecular weight is 419 g/mol. The Hall–Kier alpha value is -1.39. The minimum absolute atomic E-state index is 0. The number of rotatable bonds is 5. The number of aryl methyl sites for hydroxylation is 1. The molecule has 4 aromatic rings. The van der Waals surface area contributed by atoms with E-state index in [2.05, 4.69) is 25.6 Å². The molecule has 9 heteroatoms. The SMILES string of the molecule is Cc1nc(Cl)c(CO)n1Cc1ccc(-c2ccccc2-c2nn[n-]n2)cc1.[K+]. The number of halogens is 1. The van der Waals surface area contributed by atoms with Crippen LogP contribution in [0.15, 0.2) is 48.5 Å². The van der Waals surface area contributed by atoms with Crippen molar-refractivity contribution in [2.24, 2.45) is 0 Å². The smallest absolute Gasteiger partial charge is 0.390 e. The monoisotopic (exact) mass is 418 g/mol. The minimum Gasteiger partial charge on any atom is -0.390 e. The van der Waals surface area contributed by atoms with Crippen molar-refractivity contribution >= 4 is 11.6 Å². The van der Waals surface area contributed by atoms with Crippen molar-refractivity contribution in [3.8, 4) is 22.5 Å². The molecule has 0 aliphatic carbocycles. The van der Waals surface area contributed by atoms with Crippen LogP contribution in [-0.2, 0) is 13.2 Å². The van der Waals surface area contributed by atoms with E-state index in [-0.39, 0.29) is 58.0 Å². The zero-order chi connectivity index (χ0) is 18.8. The third-order valence-corrected chi connectivity index (χ3v) is 4.76. The standard InChI is InChI=1S/C19H16ClN6O.K/c1-12-21-18(20)17(11-27)26(12)10-13-6-8-14(9-7-13)15-4-2-3-5-16(15)19-22-24-25-23-19;/h2-9,27H,10-11H2,1H3;/q-1;+1. The number of aliphatic hydroxyl groups is 1. The Kier molecular flexibility index (Phi) is 7.16. The van der Waals surface area contributed by atoms with E-state index in [1.807, 2.05) is 60.0 Å². The molecule has 2 heterocycles. The van der Waals surface area contributed by atoms with Crippen LogP contribution in [0.5, 0.6) is 0 Å². The van der Waals surface area contributed by atoms with Crippen LogP contribution >= 0.6 is 11.6 Å². The molecule has 4 rings (SSSR count). The number of benzene rings is 2. The van der Waals surface area contributed by atoms with Crippen molar-refractivity contribution in [3.63, 3.8) is 0 Å². The summed E-state index contributed by atoms with van der Waals surface area (Å²) in [5.41, 5.74) is 4.64. The number of hydrogen-bond acceptors (Lipinski definition) is 5. The van der Waals surface area contributed by atoms with E-state index >= 15 is 0 Å². The van der Waals surface area contributed by atoms with E-state index in [0.29, 0.717) is 23.2 Å². The zero-order valence-corrected chi connectivity index (χ0v) is 19.4. The van der Waals surface area contributed by atoms with Crippen LogP contribution in [0, 0.1) is 6.92 Å². The Balaban J connectivity index is 0.00000225. The molecule has 2 aromatic heterocycles. The fourth-order valence-corrected chi connectivity index (χ4v) is 3.37. The number of imidazole rings is 1. The van der Waals surface area contributed by atoms with Crippen LogP contribution in [0.3, 0.4) is 0 Å². The van der Waals surface area contributed by atoms with Gasteiger partial charge in [-0.1, -0.05) is 60.1 Å². The molecule has 0 aliphatic rings. The topological polar surface area (TPSA) is 90.8 Å². The fraction of sp³-hybridized carbons (Fsp3) is 0.158. The van der Waals surface area contributed by atoms with E-state index < -0.39 is 0 Å². The summed E-state index contributed by atoms with van der Waals surface area (Å²) in [5.74, 6) is 1.28. The Morgan fingerprint density at radius 2 is 1.79 bits per heavy atom. The van der Waals surface area contributed by atoms with Crippen LogP contribution in [0.4, 0.5) is 0 Å². The van der Waals surface area contributed by atoms with Gasteiger partial charge in [0.1, 0.15) is 5.82 Å². The van der Waals surface area contributed by atoms with E-state index in [1.54, 1.807) is 0 Å². The van der Waals surface area contributed by atoms with E-state index in [4.69, 9.17) is 11.6 Å². The summed E-state index contributed by atoms with van der Waals surface area (Å²) in [7, 11) is 0. The maximum Gasteiger partial charge on any atom is 1.00 e. The van der Waals surface area contributed by atoms with Gasteiger partial charge in [0.2, 0.25) is 0 Å². The largest absolute Gasteiger partial charge is 1.00 e. The second-order valence-corrected chi connectivity index (χ2v) is 6.44. The number of nitrogens with zero attached hydrogens (tertiary/aromatic N) is 6. The Morgan fingerprint density at radius 1 is 1.07 bits per heavy atom. The molecule has 0 bridgehead atoms. The molecule has 0 saturated carbocycles. The second-order valence-electron chi connectivity index (χ2n) is 6.09. The van der Waals surface area contributed by atoms with Crippen LogP contribution < -0.4 is 56.6 Å². The van der Waals surface area contributed by atoms with E-state index in [9.17, 15) is 5.11 Å². The first-order valence-electron chi connectivity index (χ1n) is 8.37. The van der Waals surface area contributed by atoms with Gasteiger partial charge < -0.3 is 14.8 Å². The van der Waals surface area contributed by atoms with Crippen molar-refractivity contribution < 1.29 is 56.5 Å². The first kappa shape index (κ1) is 21.3. The molecular weight excluding hydrogens is 403 g/mol. The molecule has 2 aromatic carbocycles. The van der Waals surface area contributed by atoms with Gasteiger partial charge in [-0.25, -0.2) is 10.1 Å². The maximum atomic E-state index is 9.54. The maximum absolute atomic E-state index is 9.54. The normalized spacial score (nSPS) is 10.7. The number of hydrogen-bond donors (Lipinski definition) is 1. The molecule has 0 radical (unpaired) electrons. The molecule has 0 fully saturated rings. The minimum atomic E-state index is -0.146. The number of aliphatic hydroxyl groups excluding tert-OH is 1. The molecule has 28 heavy (non-hydrogen) atoms. The van der Waals surface area contributed by atoms with Gasteiger partial charge in [0.15, 0.2) is 5.15 Å². The first-order chi connectivity index (χ1) is 13.2. The van der Waals surface area contributed by atoms with Gasteiger partial charge in [-0.05, 0) is 23.6 Å². The summed E-state index contributed by atoms with van der Waals surface area (Å²) in [6, 6.07) is 16.1. The van der Waals surface area contributed by atoms with Crippen LogP contribution in [0.25, 0.3) is 22.5 Å². The summed E-state index contributed by atoms with van der Waals surface area (Å²) >= 11 is 6.07. The van der Waals surface area contributed by atoms with Crippen molar-refractivity contribution in [3.05, 3.63) is 70.8 Å². The Bertz CT molecular complexity index is 1060. The van der Waals surface area contributed by atoms with Gasteiger partial charge in [-0.3, -0.25) is 10.4 Å². The number of aromatic nitrogens is 6. The quantitative estimate of drug-likeness (QED) is 0.454. The van der Waals surface area contributed by atoms with E-state index in [0.717, 1.165) is 28.1 Å². The van der Waals surface area contributed by atoms with Gasteiger partial charge in [-0.2, -0.15) is 0 Å². The van der Waals surface area contributed by atoms with Gasteiger partial charge in [-0.15, -0.1) is 0 Å². The Morgan fingerprint density at radius 3 is 2.43 bits per heavy atom. The average Bonchev–Trinajstić information content (AvgIpc) is 3.31. The van der Waals surface area contributed by atoms with Gasteiger partial charge in [0.25, 0.3) is 0 Å². The molecule has 0 atom stereocenters. The first-order valence-corrected chi connectivity index (χ1v) is 8.75. The summed E-state index contributed by atoms with van der Waals surface area (Å²) in [6.07, 6.45) is 0. The summed E-state index contributed by atoms with van der Waals surface area (Å²) < 4.78 is 1.92. The van der Waals surface area contributed by atoms with Gasteiger partial charge >= 0.3 is 51.4 Å². The zero-order valence-electron chi connectivity index (χ0n) is 15.5. The third-order valence-electron chi connectivity index (χ3n) is 4.46. The predicted octanol–water partition coefficient (Wildman–Crippen LogP) is -0.134. The van der Waals surface area contributed by atoms with Crippen molar-refractivity contribution in [1.29, 1.82) is 0 Å². The summed E-state index contributed by atoms with van der Waals surface area (Å²) in [6.45, 7) is 2.31. The molecule has 1 N–H and O–H groups in total. The van der Waals surface area contributed by atoms with Gasteiger partial charge in [0, 0.05) is 12.1 Å². The molecule has 0 unspecified atom stereocenters. The molecule has 136 valence electrons. The third kappa shape index (κ3) is 4.28. The molecule has 0 amide bonds. The van der Waals surface area contributed by atoms with Crippen molar-refractivity contribution in [2.75, 3.05) is 0 Å². The van der Waals surface area contributed by atoms with Crippen molar-refractivity contribution in [2.45, 2.75) is 20.1 Å². The van der Waals surface area contributed by atoms with Crippen LogP contribution in [0.1, 0.15) is 17.1 Å².